The number of halogens is 1. The minimum atomic E-state index is -0.972. The largest absolute Gasteiger partial charge is 0.489 e. The molecule has 2 aromatic rings. The molecule has 0 spiro atoms. The fraction of sp³-hybridized carbons (Fsp3) is 0.450. The number of anilines is 1. The van der Waals surface area contributed by atoms with Crippen molar-refractivity contribution in [2.45, 2.75) is 32.4 Å². The lowest BCUT2D eigenvalue weighted by Crippen LogP contribution is -2.55. The summed E-state index contributed by atoms with van der Waals surface area (Å²) in [6.45, 7) is 6.95. The number of aromatic nitrogens is 2. The fourth-order valence-electron chi connectivity index (χ4n) is 3.26. The first-order valence-corrected chi connectivity index (χ1v) is 9.99. The molecule has 1 aromatic heterocycles. The number of rotatable bonds is 5. The molecule has 1 aliphatic rings. The molecular formula is C20H26ClN5O4. The van der Waals surface area contributed by atoms with Crippen LogP contribution in [0.4, 0.5) is 10.5 Å². The second-order valence-electron chi connectivity index (χ2n) is 7.97. The Bertz CT molecular complexity index is 940. The quantitative estimate of drug-likeness (QED) is 0.742. The molecule has 1 atom stereocenters. The van der Waals surface area contributed by atoms with Crippen LogP contribution in [0.25, 0.3) is 0 Å². The van der Waals surface area contributed by atoms with Gasteiger partial charge in [0.2, 0.25) is 0 Å². The first kappa shape index (κ1) is 21.9. The average Bonchev–Trinajstić information content (AvgIpc) is 3.16. The van der Waals surface area contributed by atoms with E-state index in [0.717, 1.165) is 10.4 Å². The van der Waals surface area contributed by atoms with Gasteiger partial charge in [-0.2, -0.15) is 9.78 Å². The summed E-state index contributed by atoms with van der Waals surface area (Å²) in [4.78, 5) is 27.8. The summed E-state index contributed by atoms with van der Waals surface area (Å²) in [5.74, 6) is -0.182. The Morgan fingerprint density at radius 3 is 2.67 bits per heavy atom. The molecule has 10 heteroatoms. The lowest BCUT2D eigenvalue weighted by molar-refractivity contribution is 0.0285. The van der Waals surface area contributed by atoms with Crippen LogP contribution in [0.2, 0.25) is 5.02 Å². The highest BCUT2D eigenvalue weighted by Gasteiger charge is 2.30. The van der Waals surface area contributed by atoms with E-state index < -0.39 is 11.5 Å². The number of hydrogen-bond donors (Lipinski definition) is 2. The van der Waals surface area contributed by atoms with Crippen molar-refractivity contribution in [2.75, 3.05) is 31.1 Å². The maximum atomic E-state index is 12.8. The van der Waals surface area contributed by atoms with Gasteiger partial charge in [-0.25, -0.2) is 4.79 Å². The predicted molar refractivity (Wildman–Crippen MR) is 113 cm³/mol. The number of primary amides is 1. The number of nitrogens with two attached hydrogens (primary N) is 1. The summed E-state index contributed by atoms with van der Waals surface area (Å²) >= 11 is 6.56. The minimum Gasteiger partial charge on any atom is -0.489 e. The number of ether oxygens (including phenoxy) is 1. The summed E-state index contributed by atoms with van der Waals surface area (Å²) in [5, 5.41) is 14.3. The van der Waals surface area contributed by atoms with Gasteiger partial charge in [0.1, 0.15) is 17.4 Å². The van der Waals surface area contributed by atoms with Gasteiger partial charge in [0.05, 0.1) is 11.3 Å². The van der Waals surface area contributed by atoms with E-state index in [1.54, 1.807) is 24.8 Å². The zero-order chi connectivity index (χ0) is 22.1. The number of aliphatic hydroxyl groups is 1. The number of hydrogen-bond acceptors (Lipinski definition) is 6. The smallest absolute Gasteiger partial charge is 0.345 e. The van der Waals surface area contributed by atoms with E-state index in [4.69, 9.17) is 22.1 Å². The minimum absolute atomic E-state index is 0.0456. The summed E-state index contributed by atoms with van der Waals surface area (Å²) in [7, 11) is 0. The van der Waals surface area contributed by atoms with Crippen molar-refractivity contribution in [2.24, 2.45) is 5.73 Å². The van der Waals surface area contributed by atoms with Crippen LogP contribution >= 0.6 is 11.6 Å². The molecule has 30 heavy (non-hydrogen) atoms. The SMILES string of the molecule is C[C@H]1CN(c2cccc(OCC(C)(C)O)c2Cl)CCN1C(=O)n1ccc(C(N)=O)n1. The average molecular weight is 436 g/mol. The van der Waals surface area contributed by atoms with E-state index in [9.17, 15) is 14.7 Å². The van der Waals surface area contributed by atoms with Gasteiger partial charge in [0, 0.05) is 31.9 Å². The van der Waals surface area contributed by atoms with E-state index in [-0.39, 0.29) is 24.4 Å². The number of carbonyl (C=O) groups is 2. The van der Waals surface area contributed by atoms with Crippen molar-refractivity contribution in [3.8, 4) is 5.75 Å². The lowest BCUT2D eigenvalue weighted by atomic mass is 10.1. The normalized spacial score (nSPS) is 17.2. The van der Waals surface area contributed by atoms with Gasteiger partial charge in [-0.15, -0.1) is 0 Å². The Kier molecular flexibility index (Phi) is 6.23. The van der Waals surface area contributed by atoms with Crippen LogP contribution in [-0.4, -0.2) is 69.6 Å². The highest BCUT2D eigenvalue weighted by Crippen LogP contribution is 2.36. The van der Waals surface area contributed by atoms with Crippen LogP contribution in [0.15, 0.2) is 30.5 Å². The Hall–Kier alpha value is -2.78. The molecule has 0 aliphatic carbocycles. The van der Waals surface area contributed by atoms with Gasteiger partial charge >= 0.3 is 6.03 Å². The molecule has 162 valence electrons. The molecule has 9 nitrogen and oxygen atoms in total. The van der Waals surface area contributed by atoms with Crippen LogP contribution in [0.5, 0.6) is 5.75 Å². The molecule has 2 heterocycles. The maximum absolute atomic E-state index is 12.8. The second-order valence-corrected chi connectivity index (χ2v) is 8.35. The molecule has 3 N–H and O–H groups in total. The van der Waals surface area contributed by atoms with Crippen molar-refractivity contribution in [3.05, 3.63) is 41.2 Å². The fourth-order valence-corrected chi connectivity index (χ4v) is 3.56. The lowest BCUT2D eigenvalue weighted by Gasteiger charge is -2.41. The molecule has 2 amide bonds. The van der Waals surface area contributed by atoms with Gasteiger partial charge in [0.15, 0.2) is 5.69 Å². The van der Waals surface area contributed by atoms with Crippen LogP contribution in [0.1, 0.15) is 31.3 Å². The Morgan fingerprint density at radius 1 is 1.33 bits per heavy atom. The van der Waals surface area contributed by atoms with Crippen molar-refractivity contribution in [1.29, 1.82) is 0 Å². The van der Waals surface area contributed by atoms with E-state index in [0.29, 0.717) is 30.4 Å². The van der Waals surface area contributed by atoms with E-state index in [2.05, 4.69) is 10.00 Å². The number of carbonyl (C=O) groups excluding carboxylic acids is 2. The zero-order valence-electron chi connectivity index (χ0n) is 17.2. The van der Waals surface area contributed by atoms with Gasteiger partial charge in [-0.05, 0) is 39.0 Å². The van der Waals surface area contributed by atoms with E-state index in [1.165, 1.54) is 12.3 Å². The van der Waals surface area contributed by atoms with Crippen molar-refractivity contribution >= 4 is 29.2 Å². The molecule has 1 fully saturated rings. The Labute approximate surface area is 179 Å². The molecule has 1 aromatic carbocycles. The molecule has 1 saturated heterocycles. The Balaban J connectivity index is 1.70. The third kappa shape index (κ3) is 4.85. The van der Waals surface area contributed by atoms with Gasteiger partial charge in [0.25, 0.3) is 5.91 Å². The number of benzene rings is 1. The number of nitrogens with zero attached hydrogens (tertiary/aromatic N) is 4. The standard InChI is InChI=1S/C20H26ClN5O4/c1-13-11-24(15-5-4-6-16(17(15)21)30-12-20(2,3)29)9-10-25(13)19(28)26-8-7-14(23-26)18(22)27/h4-8,13,29H,9-12H2,1-3H3,(H2,22,27)/t13-/m0/s1. The van der Waals surface area contributed by atoms with Crippen molar-refractivity contribution in [3.63, 3.8) is 0 Å². The zero-order valence-corrected chi connectivity index (χ0v) is 18.0. The van der Waals surface area contributed by atoms with Crippen molar-refractivity contribution in [1.82, 2.24) is 14.7 Å². The van der Waals surface area contributed by atoms with E-state index in [1.807, 2.05) is 19.1 Å². The van der Waals surface area contributed by atoms with Crippen molar-refractivity contribution < 1.29 is 19.4 Å². The maximum Gasteiger partial charge on any atom is 0.345 e. The van der Waals surface area contributed by atoms with Gasteiger partial charge < -0.3 is 25.4 Å². The van der Waals surface area contributed by atoms with Gasteiger partial charge in [-0.3, -0.25) is 4.79 Å². The highest BCUT2D eigenvalue weighted by molar-refractivity contribution is 6.34. The van der Waals surface area contributed by atoms with Crippen LogP contribution in [0.3, 0.4) is 0 Å². The molecule has 0 radical (unpaired) electrons. The first-order chi connectivity index (χ1) is 14.1. The summed E-state index contributed by atoms with van der Waals surface area (Å²) in [5.41, 5.74) is 5.08. The highest BCUT2D eigenvalue weighted by atomic mass is 35.5. The number of amides is 2. The summed E-state index contributed by atoms with van der Waals surface area (Å²) in [6, 6.07) is 6.48. The third-order valence-corrected chi connectivity index (χ3v) is 5.16. The Morgan fingerprint density at radius 2 is 2.07 bits per heavy atom. The van der Waals surface area contributed by atoms with Crippen LogP contribution in [-0.2, 0) is 0 Å². The summed E-state index contributed by atoms with van der Waals surface area (Å²) in [6.07, 6.45) is 1.43. The molecule has 0 bridgehead atoms. The molecule has 3 rings (SSSR count). The third-order valence-electron chi connectivity index (χ3n) is 4.78. The molecule has 1 aliphatic heterocycles. The van der Waals surface area contributed by atoms with Crippen LogP contribution < -0.4 is 15.4 Å². The predicted octanol–water partition coefficient (Wildman–Crippen LogP) is 1.96. The number of piperazine rings is 1. The summed E-state index contributed by atoms with van der Waals surface area (Å²) < 4.78 is 6.81. The second kappa shape index (κ2) is 8.53. The van der Waals surface area contributed by atoms with Crippen LogP contribution in [0, 0.1) is 0 Å². The molecule has 0 saturated carbocycles. The molecule has 0 unspecified atom stereocenters. The van der Waals surface area contributed by atoms with Gasteiger partial charge in [-0.1, -0.05) is 17.7 Å². The van der Waals surface area contributed by atoms with E-state index >= 15 is 0 Å². The topological polar surface area (TPSA) is 114 Å². The monoisotopic (exact) mass is 435 g/mol. The molecular weight excluding hydrogens is 410 g/mol. The first-order valence-electron chi connectivity index (χ1n) is 9.62.